The minimum Gasteiger partial charge on any atom is -0.328 e. The summed E-state index contributed by atoms with van der Waals surface area (Å²) >= 11 is 0. The second-order valence-electron chi connectivity index (χ2n) is 5.57. The first kappa shape index (κ1) is 11.7. The van der Waals surface area contributed by atoms with Crippen LogP contribution in [0.3, 0.4) is 0 Å². The average Bonchev–Trinajstić information content (AvgIpc) is 2.23. The summed E-state index contributed by atoms with van der Waals surface area (Å²) in [7, 11) is 0. The van der Waals surface area contributed by atoms with Crippen LogP contribution in [0.15, 0.2) is 24.3 Å². The molecule has 0 aromatic heterocycles. The molecular formula is C15H23N. The van der Waals surface area contributed by atoms with E-state index in [-0.39, 0.29) is 0 Å². The number of fused-ring (bicyclic) bond motifs is 1. The highest BCUT2D eigenvalue weighted by molar-refractivity contribution is 5.39. The van der Waals surface area contributed by atoms with Crippen LogP contribution in [0.25, 0.3) is 0 Å². The SMILES string of the molecule is CC(C)CCC(N)CC1Cc2ccccc21. The van der Waals surface area contributed by atoms with E-state index in [9.17, 15) is 0 Å². The van der Waals surface area contributed by atoms with E-state index in [1.54, 1.807) is 5.56 Å². The van der Waals surface area contributed by atoms with Gasteiger partial charge in [-0.2, -0.15) is 0 Å². The molecule has 1 aliphatic rings. The lowest BCUT2D eigenvalue weighted by Gasteiger charge is -2.32. The minimum absolute atomic E-state index is 0.390. The molecule has 0 radical (unpaired) electrons. The summed E-state index contributed by atoms with van der Waals surface area (Å²) in [5.41, 5.74) is 9.26. The van der Waals surface area contributed by atoms with Crippen LogP contribution >= 0.6 is 0 Å². The number of hydrogen-bond donors (Lipinski definition) is 1. The summed E-state index contributed by atoms with van der Waals surface area (Å²) in [6.07, 6.45) is 4.85. The van der Waals surface area contributed by atoms with Gasteiger partial charge >= 0.3 is 0 Å². The van der Waals surface area contributed by atoms with Crippen molar-refractivity contribution in [3.63, 3.8) is 0 Å². The Labute approximate surface area is 99.0 Å². The van der Waals surface area contributed by atoms with Gasteiger partial charge in [0, 0.05) is 6.04 Å². The van der Waals surface area contributed by atoms with Crippen molar-refractivity contribution >= 4 is 0 Å². The summed E-state index contributed by atoms with van der Waals surface area (Å²) in [5, 5.41) is 0. The fourth-order valence-corrected chi connectivity index (χ4v) is 2.60. The van der Waals surface area contributed by atoms with E-state index in [1.165, 1.54) is 31.2 Å². The Morgan fingerprint density at radius 2 is 2.00 bits per heavy atom. The van der Waals surface area contributed by atoms with Crippen LogP contribution in [0.5, 0.6) is 0 Å². The van der Waals surface area contributed by atoms with Gasteiger partial charge in [0.25, 0.3) is 0 Å². The summed E-state index contributed by atoms with van der Waals surface area (Å²) < 4.78 is 0. The average molecular weight is 217 g/mol. The largest absolute Gasteiger partial charge is 0.328 e. The number of nitrogens with two attached hydrogens (primary N) is 1. The van der Waals surface area contributed by atoms with E-state index in [1.807, 2.05) is 0 Å². The third-order valence-corrected chi connectivity index (χ3v) is 3.66. The van der Waals surface area contributed by atoms with Gasteiger partial charge in [0.15, 0.2) is 0 Å². The zero-order valence-corrected chi connectivity index (χ0v) is 10.4. The molecule has 1 nitrogen and oxygen atoms in total. The summed E-state index contributed by atoms with van der Waals surface area (Å²) in [5.74, 6) is 1.51. The smallest absolute Gasteiger partial charge is 0.00448 e. The Morgan fingerprint density at radius 1 is 1.25 bits per heavy atom. The first-order valence-corrected chi connectivity index (χ1v) is 6.50. The van der Waals surface area contributed by atoms with Gasteiger partial charge in [-0.3, -0.25) is 0 Å². The van der Waals surface area contributed by atoms with E-state index in [4.69, 9.17) is 5.73 Å². The highest BCUT2D eigenvalue weighted by atomic mass is 14.6. The maximum Gasteiger partial charge on any atom is 0.00448 e. The molecule has 0 saturated heterocycles. The van der Waals surface area contributed by atoms with Gasteiger partial charge in [0.2, 0.25) is 0 Å². The zero-order chi connectivity index (χ0) is 11.5. The van der Waals surface area contributed by atoms with Crippen molar-refractivity contribution < 1.29 is 0 Å². The molecule has 0 amide bonds. The van der Waals surface area contributed by atoms with Gasteiger partial charge < -0.3 is 5.73 Å². The fraction of sp³-hybridized carbons (Fsp3) is 0.600. The maximum atomic E-state index is 6.19. The molecule has 2 rings (SSSR count). The highest BCUT2D eigenvalue weighted by Gasteiger charge is 2.26. The Hall–Kier alpha value is -0.820. The molecular weight excluding hydrogens is 194 g/mol. The molecule has 1 aliphatic carbocycles. The van der Waals surface area contributed by atoms with Crippen molar-refractivity contribution in [2.75, 3.05) is 0 Å². The fourth-order valence-electron chi connectivity index (χ4n) is 2.60. The van der Waals surface area contributed by atoms with Crippen LogP contribution in [0.4, 0.5) is 0 Å². The van der Waals surface area contributed by atoms with Gasteiger partial charge in [-0.05, 0) is 48.6 Å². The highest BCUT2D eigenvalue weighted by Crippen LogP contribution is 2.38. The van der Waals surface area contributed by atoms with Crippen LogP contribution in [0, 0.1) is 5.92 Å². The Balaban J connectivity index is 1.80. The lowest BCUT2D eigenvalue weighted by molar-refractivity contribution is 0.430. The molecule has 2 N–H and O–H groups in total. The predicted octanol–water partition coefficient (Wildman–Crippen LogP) is 3.48. The third-order valence-electron chi connectivity index (χ3n) is 3.66. The van der Waals surface area contributed by atoms with Crippen molar-refractivity contribution in [3.8, 4) is 0 Å². The summed E-state index contributed by atoms with van der Waals surface area (Å²) in [6, 6.07) is 9.17. The minimum atomic E-state index is 0.390. The summed E-state index contributed by atoms with van der Waals surface area (Å²) in [6.45, 7) is 4.54. The van der Waals surface area contributed by atoms with Crippen LogP contribution in [-0.2, 0) is 6.42 Å². The molecule has 0 bridgehead atoms. The van der Waals surface area contributed by atoms with Crippen LogP contribution in [-0.4, -0.2) is 6.04 Å². The van der Waals surface area contributed by atoms with Crippen molar-refractivity contribution in [2.45, 2.75) is 51.5 Å². The molecule has 0 spiro atoms. The molecule has 0 aliphatic heterocycles. The molecule has 88 valence electrons. The second kappa shape index (κ2) is 5.01. The molecule has 1 aromatic carbocycles. The molecule has 1 aromatic rings. The van der Waals surface area contributed by atoms with Crippen molar-refractivity contribution in [1.29, 1.82) is 0 Å². The summed E-state index contributed by atoms with van der Waals surface area (Å²) in [4.78, 5) is 0. The number of benzene rings is 1. The molecule has 0 saturated carbocycles. The third kappa shape index (κ3) is 2.65. The first-order valence-electron chi connectivity index (χ1n) is 6.50. The molecule has 2 atom stereocenters. The number of rotatable bonds is 5. The first-order chi connectivity index (χ1) is 7.66. The predicted molar refractivity (Wildman–Crippen MR) is 69.6 cm³/mol. The van der Waals surface area contributed by atoms with E-state index in [0.29, 0.717) is 6.04 Å². The van der Waals surface area contributed by atoms with Gasteiger partial charge in [-0.25, -0.2) is 0 Å². The molecule has 0 heterocycles. The van der Waals surface area contributed by atoms with Crippen molar-refractivity contribution in [2.24, 2.45) is 11.7 Å². The van der Waals surface area contributed by atoms with E-state index in [0.717, 1.165) is 11.8 Å². The number of hydrogen-bond acceptors (Lipinski definition) is 1. The van der Waals surface area contributed by atoms with Gasteiger partial charge in [0.1, 0.15) is 0 Å². The Morgan fingerprint density at radius 3 is 2.69 bits per heavy atom. The van der Waals surface area contributed by atoms with E-state index < -0.39 is 0 Å². The standard InChI is InChI=1S/C15H23N/c1-11(2)7-8-14(16)10-13-9-12-5-3-4-6-15(12)13/h3-6,11,13-14H,7-10,16H2,1-2H3. The lowest BCUT2D eigenvalue weighted by Crippen LogP contribution is -2.28. The second-order valence-corrected chi connectivity index (χ2v) is 5.57. The monoisotopic (exact) mass is 217 g/mol. The lowest BCUT2D eigenvalue weighted by atomic mass is 9.74. The molecule has 0 fully saturated rings. The van der Waals surface area contributed by atoms with Crippen LogP contribution < -0.4 is 5.73 Å². The van der Waals surface area contributed by atoms with Crippen molar-refractivity contribution in [1.82, 2.24) is 0 Å². The van der Waals surface area contributed by atoms with Crippen LogP contribution in [0.2, 0.25) is 0 Å². The van der Waals surface area contributed by atoms with Crippen molar-refractivity contribution in [3.05, 3.63) is 35.4 Å². The Bertz CT molecular complexity index is 343. The molecule has 2 unspecified atom stereocenters. The van der Waals surface area contributed by atoms with Crippen LogP contribution in [0.1, 0.15) is 50.2 Å². The molecule has 16 heavy (non-hydrogen) atoms. The van der Waals surface area contributed by atoms with E-state index in [2.05, 4.69) is 38.1 Å². The zero-order valence-electron chi connectivity index (χ0n) is 10.4. The van der Waals surface area contributed by atoms with E-state index >= 15 is 0 Å². The quantitative estimate of drug-likeness (QED) is 0.803. The van der Waals surface area contributed by atoms with Gasteiger partial charge in [-0.1, -0.05) is 38.1 Å². The topological polar surface area (TPSA) is 26.0 Å². The maximum absolute atomic E-state index is 6.19. The Kier molecular flexibility index (Phi) is 3.65. The van der Waals surface area contributed by atoms with Gasteiger partial charge in [-0.15, -0.1) is 0 Å². The van der Waals surface area contributed by atoms with Gasteiger partial charge in [0.05, 0.1) is 0 Å². The normalized spacial score (nSPS) is 20.4. The molecule has 1 heteroatoms.